The fraction of sp³-hybridized carbons (Fsp3) is 0.118. The fourth-order valence-electron chi connectivity index (χ4n) is 2.00. The van der Waals surface area contributed by atoms with Gasteiger partial charge in [-0.25, -0.2) is 0 Å². The Balaban J connectivity index is 1.60. The second-order valence-electron chi connectivity index (χ2n) is 4.87. The first-order chi connectivity index (χ1) is 11.2. The second kappa shape index (κ2) is 6.74. The summed E-state index contributed by atoms with van der Waals surface area (Å²) in [5, 5.41) is 6.62. The lowest BCUT2D eigenvalue weighted by Gasteiger charge is -2.05. The molecule has 1 aromatic heterocycles. The maximum absolute atomic E-state index is 11.0. The third kappa shape index (κ3) is 3.94. The van der Waals surface area contributed by atoms with Crippen LogP contribution >= 0.6 is 0 Å². The van der Waals surface area contributed by atoms with Gasteiger partial charge in [0.25, 0.3) is 5.89 Å². The molecule has 0 saturated heterocycles. The topological polar surface area (TPSA) is 77.2 Å². The van der Waals surface area contributed by atoms with Crippen molar-refractivity contribution in [2.24, 2.45) is 0 Å². The number of carbonyl (C=O) groups excluding carboxylic acids is 1. The van der Waals surface area contributed by atoms with E-state index in [0.717, 1.165) is 5.56 Å². The van der Waals surface area contributed by atoms with Crippen molar-refractivity contribution in [1.82, 2.24) is 10.1 Å². The highest BCUT2D eigenvalue weighted by Gasteiger charge is 2.08. The van der Waals surface area contributed by atoms with E-state index >= 15 is 0 Å². The van der Waals surface area contributed by atoms with Crippen LogP contribution in [0, 0.1) is 0 Å². The zero-order valence-corrected chi connectivity index (χ0v) is 12.5. The van der Waals surface area contributed by atoms with Crippen molar-refractivity contribution in [3.8, 4) is 17.1 Å². The van der Waals surface area contributed by atoms with Gasteiger partial charge in [-0.2, -0.15) is 4.98 Å². The van der Waals surface area contributed by atoms with E-state index in [1.54, 1.807) is 24.3 Å². The molecule has 0 aliphatic carbocycles. The van der Waals surface area contributed by atoms with Crippen LogP contribution in [-0.4, -0.2) is 16.0 Å². The molecule has 0 fully saturated rings. The quantitative estimate of drug-likeness (QED) is 0.782. The molecule has 0 bridgehead atoms. The molecular weight excluding hydrogens is 294 g/mol. The van der Waals surface area contributed by atoms with Gasteiger partial charge in [-0.3, -0.25) is 4.79 Å². The summed E-state index contributed by atoms with van der Waals surface area (Å²) < 4.78 is 10.8. The summed E-state index contributed by atoms with van der Waals surface area (Å²) in [6.45, 7) is 1.64. The van der Waals surface area contributed by atoms with Gasteiger partial charge >= 0.3 is 0 Å². The molecular formula is C17H15N3O3. The van der Waals surface area contributed by atoms with Crippen LogP contribution in [0.25, 0.3) is 11.4 Å². The first kappa shape index (κ1) is 14.8. The molecule has 6 nitrogen and oxygen atoms in total. The second-order valence-corrected chi connectivity index (χ2v) is 4.87. The van der Waals surface area contributed by atoms with Gasteiger partial charge in [0.05, 0.1) is 0 Å². The molecule has 0 aliphatic rings. The van der Waals surface area contributed by atoms with E-state index < -0.39 is 0 Å². The van der Waals surface area contributed by atoms with Crippen molar-refractivity contribution >= 4 is 11.6 Å². The Kier molecular flexibility index (Phi) is 4.33. The fourth-order valence-corrected chi connectivity index (χ4v) is 2.00. The summed E-state index contributed by atoms with van der Waals surface area (Å²) >= 11 is 0. The van der Waals surface area contributed by atoms with Crippen LogP contribution in [0.3, 0.4) is 0 Å². The number of benzene rings is 2. The largest absolute Gasteiger partial charge is 0.484 e. The van der Waals surface area contributed by atoms with Crippen molar-refractivity contribution in [3.63, 3.8) is 0 Å². The lowest BCUT2D eigenvalue weighted by molar-refractivity contribution is -0.114. The summed E-state index contributed by atoms with van der Waals surface area (Å²) in [7, 11) is 0. The van der Waals surface area contributed by atoms with Crippen LogP contribution in [0.1, 0.15) is 12.8 Å². The predicted octanol–water partition coefficient (Wildman–Crippen LogP) is 3.27. The Morgan fingerprint density at radius 2 is 1.87 bits per heavy atom. The predicted molar refractivity (Wildman–Crippen MR) is 84.8 cm³/mol. The van der Waals surface area contributed by atoms with Crippen molar-refractivity contribution < 1.29 is 14.1 Å². The maximum atomic E-state index is 11.0. The van der Waals surface area contributed by atoms with E-state index in [9.17, 15) is 4.79 Å². The molecule has 0 unspecified atom stereocenters. The van der Waals surface area contributed by atoms with Crippen LogP contribution in [0.5, 0.6) is 5.75 Å². The lowest BCUT2D eigenvalue weighted by atomic mass is 10.2. The third-order valence-electron chi connectivity index (χ3n) is 3.04. The average Bonchev–Trinajstić information content (AvgIpc) is 3.04. The molecule has 2 aromatic carbocycles. The number of ether oxygens (including phenoxy) is 1. The molecule has 0 saturated carbocycles. The SMILES string of the molecule is CC(=O)Nc1ccc(OCc2nc(-c3ccccc3)no2)cc1. The monoisotopic (exact) mass is 309 g/mol. The lowest BCUT2D eigenvalue weighted by Crippen LogP contribution is -2.05. The minimum Gasteiger partial charge on any atom is -0.484 e. The van der Waals surface area contributed by atoms with Crippen molar-refractivity contribution in [1.29, 1.82) is 0 Å². The van der Waals surface area contributed by atoms with Gasteiger partial charge in [0.15, 0.2) is 6.61 Å². The Morgan fingerprint density at radius 1 is 1.13 bits per heavy atom. The molecule has 3 rings (SSSR count). The van der Waals surface area contributed by atoms with E-state index in [2.05, 4.69) is 15.5 Å². The Labute approximate surface area is 133 Å². The number of nitrogens with zero attached hydrogens (tertiary/aromatic N) is 2. The molecule has 6 heteroatoms. The van der Waals surface area contributed by atoms with Crippen LogP contribution in [-0.2, 0) is 11.4 Å². The minimum absolute atomic E-state index is 0.113. The van der Waals surface area contributed by atoms with Gasteiger partial charge in [-0.1, -0.05) is 35.5 Å². The zero-order valence-electron chi connectivity index (χ0n) is 12.5. The molecule has 1 N–H and O–H groups in total. The molecule has 23 heavy (non-hydrogen) atoms. The standard InChI is InChI=1S/C17H15N3O3/c1-12(21)18-14-7-9-15(10-8-14)22-11-16-19-17(20-23-16)13-5-3-2-4-6-13/h2-10H,11H2,1H3,(H,18,21). The van der Waals surface area contributed by atoms with Crippen molar-refractivity contribution in [3.05, 3.63) is 60.5 Å². The minimum atomic E-state index is -0.113. The van der Waals surface area contributed by atoms with E-state index in [0.29, 0.717) is 23.2 Å². The van der Waals surface area contributed by atoms with Gasteiger partial charge in [0.1, 0.15) is 5.75 Å². The van der Waals surface area contributed by atoms with E-state index in [-0.39, 0.29) is 12.5 Å². The number of hydrogen-bond donors (Lipinski definition) is 1. The van der Waals surface area contributed by atoms with Crippen molar-refractivity contribution in [2.75, 3.05) is 5.32 Å². The number of amides is 1. The zero-order chi connectivity index (χ0) is 16.1. The van der Waals surface area contributed by atoms with Crippen molar-refractivity contribution in [2.45, 2.75) is 13.5 Å². The molecule has 0 atom stereocenters. The highest BCUT2D eigenvalue weighted by Crippen LogP contribution is 2.18. The summed E-state index contributed by atoms with van der Waals surface area (Å²) in [5.41, 5.74) is 1.61. The van der Waals surface area contributed by atoms with Crippen LogP contribution < -0.4 is 10.1 Å². The summed E-state index contributed by atoms with van der Waals surface area (Å²) in [6, 6.07) is 16.6. The Bertz CT molecular complexity index is 782. The van der Waals surface area contributed by atoms with Gasteiger partial charge in [0, 0.05) is 18.2 Å². The number of carbonyl (C=O) groups is 1. The van der Waals surface area contributed by atoms with Crippen LogP contribution in [0.2, 0.25) is 0 Å². The number of anilines is 1. The summed E-state index contributed by atoms with van der Waals surface area (Å²) in [5.74, 6) is 1.47. The first-order valence-corrected chi connectivity index (χ1v) is 7.09. The van der Waals surface area contributed by atoms with Gasteiger partial charge in [0.2, 0.25) is 11.7 Å². The van der Waals surface area contributed by atoms with Gasteiger partial charge in [-0.05, 0) is 24.3 Å². The number of hydrogen-bond acceptors (Lipinski definition) is 5. The number of nitrogens with one attached hydrogen (secondary N) is 1. The number of aromatic nitrogens is 2. The molecule has 1 heterocycles. The van der Waals surface area contributed by atoms with E-state index in [1.165, 1.54) is 6.92 Å². The van der Waals surface area contributed by atoms with Gasteiger partial charge < -0.3 is 14.6 Å². The number of rotatable bonds is 5. The maximum Gasteiger partial charge on any atom is 0.264 e. The van der Waals surface area contributed by atoms with E-state index in [1.807, 2.05) is 30.3 Å². The molecule has 0 radical (unpaired) electrons. The van der Waals surface area contributed by atoms with Gasteiger partial charge in [-0.15, -0.1) is 0 Å². The van der Waals surface area contributed by atoms with Crippen LogP contribution in [0.4, 0.5) is 5.69 Å². The third-order valence-corrected chi connectivity index (χ3v) is 3.04. The Morgan fingerprint density at radius 3 is 2.57 bits per heavy atom. The molecule has 116 valence electrons. The highest BCUT2D eigenvalue weighted by atomic mass is 16.5. The first-order valence-electron chi connectivity index (χ1n) is 7.09. The molecule has 1 amide bonds. The van der Waals surface area contributed by atoms with E-state index in [4.69, 9.17) is 9.26 Å². The molecule has 0 aliphatic heterocycles. The highest BCUT2D eigenvalue weighted by molar-refractivity contribution is 5.88. The Hall–Kier alpha value is -3.15. The average molecular weight is 309 g/mol. The summed E-state index contributed by atoms with van der Waals surface area (Å²) in [4.78, 5) is 15.3. The normalized spacial score (nSPS) is 10.3. The smallest absolute Gasteiger partial charge is 0.264 e. The molecule has 3 aromatic rings. The summed E-state index contributed by atoms with van der Waals surface area (Å²) in [6.07, 6.45) is 0. The molecule has 0 spiro atoms. The van der Waals surface area contributed by atoms with Crippen LogP contribution in [0.15, 0.2) is 59.1 Å².